The minimum Gasteiger partial charge on any atom is -0.497 e. The lowest BCUT2D eigenvalue weighted by Crippen LogP contribution is -2.42. The number of imide groups is 1. The smallest absolute Gasteiger partial charge is 0.325 e. The fourth-order valence-corrected chi connectivity index (χ4v) is 3.16. The molecule has 0 radical (unpaired) electrons. The maximum Gasteiger partial charge on any atom is 0.325 e. The van der Waals surface area contributed by atoms with Crippen molar-refractivity contribution >= 4 is 23.5 Å². The molecule has 28 heavy (non-hydrogen) atoms. The minimum absolute atomic E-state index is 0.357. The Bertz CT molecular complexity index is 939. The van der Waals surface area contributed by atoms with E-state index in [-0.39, 0.29) is 6.54 Å². The lowest BCUT2D eigenvalue weighted by molar-refractivity contribution is -0.133. The number of nitrogens with zero attached hydrogens (tertiary/aromatic N) is 1. The molecule has 1 aliphatic heterocycles. The van der Waals surface area contributed by atoms with Crippen molar-refractivity contribution in [2.24, 2.45) is 0 Å². The molecular weight excluding hydrogens is 358 g/mol. The zero-order valence-electron chi connectivity index (χ0n) is 16.3. The highest BCUT2D eigenvalue weighted by Crippen LogP contribution is 2.30. The SMILES string of the molecule is COc1ccc(C2(C)NC(=O)N(CC(=O)Nc3cc(C)ccc3C)C2=O)cc1. The first-order chi connectivity index (χ1) is 13.2. The van der Waals surface area contributed by atoms with Crippen LogP contribution in [0.5, 0.6) is 5.75 Å². The topological polar surface area (TPSA) is 87.7 Å². The van der Waals surface area contributed by atoms with Gasteiger partial charge in [-0.15, -0.1) is 0 Å². The monoisotopic (exact) mass is 381 g/mol. The van der Waals surface area contributed by atoms with Gasteiger partial charge in [-0.3, -0.25) is 14.5 Å². The van der Waals surface area contributed by atoms with Gasteiger partial charge in [-0.2, -0.15) is 0 Å². The first kappa shape index (κ1) is 19.4. The first-order valence-electron chi connectivity index (χ1n) is 8.90. The summed E-state index contributed by atoms with van der Waals surface area (Å²) in [5.74, 6) is -0.260. The number of hydrogen-bond donors (Lipinski definition) is 2. The zero-order valence-corrected chi connectivity index (χ0v) is 16.3. The third-order valence-electron chi connectivity index (χ3n) is 4.91. The molecule has 0 saturated carbocycles. The van der Waals surface area contributed by atoms with Crippen LogP contribution in [-0.4, -0.2) is 36.4 Å². The van der Waals surface area contributed by atoms with E-state index in [1.807, 2.05) is 32.0 Å². The third kappa shape index (κ3) is 3.55. The number of ether oxygens (including phenoxy) is 1. The van der Waals surface area contributed by atoms with Crippen LogP contribution in [0, 0.1) is 13.8 Å². The number of rotatable bonds is 5. The van der Waals surface area contributed by atoms with Crippen LogP contribution in [0.15, 0.2) is 42.5 Å². The number of benzene rings is 2. The van der Waals surface area contributed by atoms with Crippen molar-refractivity contribution in [3.05, 3.63) is 59.2 Å². The van der Waals surface area contributed by atoms with Crippen LogP contribution in [0.3, 0.4) is 0 Å². The molecule has 3 rings (SSSR count). The van der Waals surface area contributed by atoms with E-state index in [1.54, 1.807) is 38.3 Å². The molecule has 7 nitrogen and oxygen atoms in total. The molecule has 4 amide bonds. The Balaban J connectivity index is 1.75. The van der Waals surface area contributed by atoms with E-state index in [4.69, 9.17) is 4.74 Å². The van der Waals surface area contributed by atoms with E-state index < -0.39 is 23.4 Å². The molecule has 1 saturated heterocycles. The number of aryl methyl sites for hydroxylation is 2. The number of carbonyl (C=O) groups is 3. The maximum atomic E-state index is 12.9. The van der Waals surface area contributed by atoms with Gasteiger partial charge in [0.05, 0.1) is 7.11 Å². The van der Waals surface area contributed by atoms with Crippen LogP contribution < -0.4 is 15.4 Å². The number of anilines is 1. The molecule has 1 heterocycles. The van der Waals surface area contributed by atoms with Crippen molar-refractivity contribution in [2.75, 3.05) is 19.0 Å². The summed E-state index contributed by atoms with van der Waals surface area (Å²) in [6.07, 6.45) is 0. The van der Waals surface area contributed by atoms with Crippen molar-refractivity contribution in [3.8, 4) is 5.75 Å². The molecule has 1 aliphatic rings. The van der Waals surface area contributed by atoms with E-state index in [0.717, 1.165) is 16.0 Å². The van der Waals surface area contributed by atoms with Gasteiger partial charge in [0.15, 0.2) is 0 Å². The quantitative estimate of drug-likeness (QED) is 0.780. The second-order valence-corrected chi connectivity index (χ2v) is 7.04. The van der Waals surface area contributed by atoms with Gasteiger partial charge in [-0.05, 0) is 55.7 Å². The summed E-state index contributed by atoms with van der Waals surface area (Å²) in [4.78, 5) is 38.7. The van der Waals surface area contributed by atoms with Crippen LogP contribution in [-0.2, 0) is 15.1 Å². The van der Waals surface area contributed by atoms with Crippen LogP contribution in [0.4, 0.5) is 10.5 Å². The van der Waals surface area contributed by atoms with Crippen LogP contribution >= 0.6 is 0 Å². The molecule has 0 spiro atoms. The highest BCUT2D eigenvalue weighted by molar-refractivity contribution is 6.10. The van der Waals surface area contributed by atoms with Crippen LogP contribution in [0.1, 0.15) is 23.6 Å². The Morgan fingerprint density at radius 1 is 1.14 bits per heavy atom. The summed E-state index contributed by atoms with van der Waals surface area (Å²) in [5.41, 5.74) is 1.95. The first-order valence-corrected chi connectivity index (χ1v) is 8.90. The highest BCUT2D eigenvalue weighted by atomic mass is 16.5. The number of amides is 4. The van der Waals surface area contributed by atoms with Crippen molar-refractivity contribution in [3.63, 3.8) is 0 Å². The minimum atomic E-state index is -1.23. The molecule has 2 N–H and O–H groups in total. The molecule has 2 aromatic carbocycles. The standard InChI is InChI=1S/C21H23N3O4/c1-13-5-6-14(2)17(11-13)22-18(25)12-24-19(26)21(3,23-20(24)27)15-7-9-16(28-4)10-8-15/h5-11H,12H2,1-4H3,(H,22,25)(H,23,27). The van der Waals surface area contributed by atoms with Crippen molar-refractivity contribution in [1.82, 2.24) is 10.2 Å². The molecule has 2 aromatic rings. The fourth-order valence-electron chi connectivity index (χ4n) is 3.16. The Labute approximate surface area is 163 Å². The average molecular weight is 381 g/mol. The van der Waals surface area contributed by atoms with Gasteiger partial charge in [0.1, 0.15) is 17.8 Å². The highest BCUT2D eigenvalue weighted by Gasteiger charge is 2.49. The molecular formula is C21H23N3O4. The Morgan fingerprint density at radius 3 is 2.46 bits per heavy atom. The summed E-state index contributed by atoms with van der Waals surface area (Å²) < 4.78 is 5.13. The predicted octanol–water partition coefficient (Wildman–Crippen LogP) is 2.72. The van der Waals surface area contributed by atoms with Gasteiger partial charge in [-0.1, -0.05) is 24.3 Å². The van der Waals surface area contributed by atoms with Gasteiger partial charge in [0.2, 0.25) is 5.91 Å². The third-order valence-corrected chi connectivity index (χ3v) is 4.91. The van der Waals surface area contributed by atoms with Crippen molar-refractivity contribution < 1.29 is 19.1 Å². The molecule has 1 unspecified atom stereocenters. The average Bonchev–Trinajstić information content (AvgIpc) is 2.89. The Morgan fingerprint density at radius 2 is 1.82 bits per heavy atom. The Hall–Kier alpha value is -3.35. The van der Waals surface area contributed by atoms with Crippen molar-refractivity contribution in [2.45, 2.75) is 26.3 Å². The summed E-state index contributed by atoms with van der Waals surface area (Å²) in [6, 6.07) is 12.0. The molecule has 7 heteroatoms. The van der Waals surface area contributed by atoms with Gasteiger partial charge in [0.25, 0.3) is 5.91 Å². The van der Waals surface area contributed by atoms with Crippen LogP contribution in [0.25, 0.3) is 0 Å². The molecule has 1 atom stereocenters. The number of hydrogen-bond acceptors (Lipinski definition) is 4. The lowest BCUT2D eigenvalue weighted by atomic mass is 9.92. The maximum absolute atomic E-state index is 12.9. The summed E-state index contributed by atoms with van der Waals surface area (Å²) in [7, 11) is 1.55. The second kappa shape index (κ2) is 7.34. The number of carbonyl (C=O) groups excluding carboxylic acids is 3. The molecule has 1 fully saturated rings. The van der Waals surface area contributed by atoms with E-state index in [1.165, 1.54) is 0 Å². The van der Waals surface area contributed by atoms with Gasteiger partial charge in [0, 0.05) is 5.69 Å². The molecule has 146 valence electrons. The van der Waals surface area contributed by atoms with E-state index in [0.29, 0.717) is 17.0 Å². The largest absolute Gasteiger partial charge is 0.497 e. The summed E-state index contributed by atoms with van der Waals surface area (Å²) in [5, 5.41) is 5.46. The number of nitrogens with one attached hydrogen (secondary N) is 2. The summed E-state index contributed by atoms with van der Waals surface area (Å²) >= 11 is 0. The van der Waals surface area contributed by atoms with Crippen molar-refractivity contribution in [1.29, 1.82) is 0 Å². The van der Waals surface area contributed by atoms with Gasteiger partial charge in [-0.25, -0.2) is 4.79 Å². The van der Waals surface area contributed by atoms with E-state index >= 15 is 0 Å². The second-order valence-electron chi connectivity index (χ2n) is 7.04. The molecule has 0 aromatic heterocycles. The number of methoxy groups -OCH3 is 1. The summed E-state index contributed by atoms with van der Waals surface area (Å²) in [6.45, 7) is 5.07. The normalized spacial score (nSPS) is 18.8. The fraction of sp³-hybridized carbons (Fsp3) is 0.286. The zero-order chi connectivity index (χ0) is 20.5. The number of urea groups is 1. The molecule has 0 aliphatic carbocycles. The predicted molar refractivity (Wildman–Crippen MR) is 105 cm³/mol. The van der Waals surface area contributed by atoms with E-state index in [2.05, 4.69) is 10.6 Å². The lowest BCUT2D eigenvalue weighted by Gasteiger charge is -2.22. The Kier molecular flexibility index (Phi) is 5.09. The van der Waals surface area contributed by atoms with Gasteiger partial charge < -0.3 is 15.4 Å². The van der Waals surface area contributed by atoms with Crippen LogP contribution in [0.2, 0.25) is 0 Å². The molecule has 0 bridgehead atoms. The van der Waals surface area contributed by atoms with E-state index in [9.17, 15) is 14.4 Å². The van der Waals surface area contributed by atoms with Gasteiger partial charge >= 0.3 is 6.03 Å².